The highest BCUT2D eigenvalue weighted by molar-refractivity contribution is 5.13. The van der Waals surface area contributed by atoms with Crippen molar-refractivity contribution in [3.63, 3.8) is 0 Å². The van der Waals surface area contributed by atoms with Crippen LogP contribution in [0, 0.1) is 11.8 Å². The highest BCUT2D eigenvalue weighted by Gasteiger charge is 2.25. The molecule has 1 aromatic carbocycles. The Morgan fingerprint density at radius 2 is 1.80 bits per heavy atom. The molecule has 0 unspecified atom stereocenters. The molecule has 3 nitrogen and oxygen atoms in total. The molecule has 0 saturated carbocycles. The van der Waals surface area contributed by atoms with Gasteiger partial charge in [-0.25, -0.2) is 0 Å². The third kappa shape index (κ3) is 5.45. The molecular formula is C17H26O3. The van der Waals surface area contributed by atoms with Crippen molar-refractivity contribution in [1.82, 2.24) is 0 Å². The lowest BCUT2D eigenvalue weighted by atomic mass is 9.89. The smallest absolute Gasteiger partial charge is 0.0771 e. The predicted octanol–water partition coefficient (Wildman–Crippen LogP) is 2.77. The molecule has 112 valence electrons. The van der Waals surface area contributed by atoms with Gasteiger partial charge in [0.1, 0.15) is 0 Å². The fourth-order valence-corrected chi connectivity index (χ4v) is 2.13. The molecule has 3 heteroatoms. The van der Waals surface area contributed by atoms with Gasteiger partial charge in [-0.3, -0.25) is 0 Å². The van der Waals surface area contributed by atoms with E-state index in [0.717, 1.165) is 5.56 Å². The van der Waals surface area contributed by atoms with Gasteiger partial charge in [-0.15, -0.1) is 0 Å². The van der Waals surface area contributed by atoms with Crippen molar-refractivity contribution in [2.75, 3.05) is 6.61 Å². The molecule has 1 aromatic rings. The monoisotopic (exact) mass is 278 g/mol. The average Bonchev–Trinajstić information content (AvgIpc) is 2.47. The molecule has 0 radical (unpaired) electrons. The van der Waals surface area contributed by atoms with Gasteiger partial charge in [0.05, 0.1) is 25.4 Å². The molecule has 20 heavy (non-hydrogen) atoms. The SMILES string of the molecule is C/C=C/[C@H](O)[C@H](C)[C@@H](O)[C@@H](C)COCc1ccccc1. The van der Waals surface area contributed by atoms with E-state index >= 15 is 0 Å². The molecule has 0 bridgehead atoms. The minimum absolute atomic E-state index is 0.0198. The summed E-state index contributed by atoms with van der Waals surface area (Å²) in [6.07, 6.45) is 2.29. The van der Waals surface area contributed by atoms with Gasteiger partial charge in [0.2, 0.25) is 0 Å². The van der Waals surface area contributed by atoms with Crippen LogP contribution in [-0.2, 0) is 11.3 Å². The van der Waals surface area contributed by atoms with E-state index in [2.05, 4.69) is 0 Å². The van der Waals surface area contributed by atoms with E-state index in [1.807, 2.05) is 51.1 Å². The molecule has 0 heterocycles. The highest BCUT2D eigenvalue weighted by atomic mass is 16.5. The number of hydrogen-bond donors (Lipinski definition) is 2. The zero-order valence-electron chi connectivity index (χ0n) is 12.6. The Labute approximate surface area is 121 Å². The first kappa shape index (κ1) is 16.9. The topological polar surface area (TPSA) is 49.7 Å². The largest absolute Gasteiger partial charge is 0.392 e. The Hall–Kier alpha value is -1.16. The van der Waals surface area contributed by atoms with Gasteiger partial charge in [0.15, 0.2) is 0 Å². The van der Waals surface area contributed by atoms with Crippen LogP contribution in [0.25, 0.3) is 0 Å². The number of aliphatic hydroxyl groups is 2. The average molecular weight is 278 g/mol. The first-order chi connectivity index (χ1) is 9.56. The summed E-state index contributed by atoms with van der Waals surface area (Å²) in [6.45, 7) is 6.67. The number of ether oxygens (including phenoxy) is 1. The van der Waals surface area contributed by atoms with E-state index < -0.39 is 12.2 Å². The number of hydrogen-bond acceptors (Lipinski definition) is 3. The summed E-state index contributed by atoms with van der Waals surface area (Å²) in [5, 5.41) is 20.1. The lowest BCUT2D eigenvalue weighted by molar-refractivity contribution is -0.0230. The molecule has 0 aliphatic carbocycles. The standard InChI is InChI=1S/C17H26O3/c1-4-8-16(18)14(3)17(19)13(2)11-20-12-15-9-6-5-7-10-15/h4-10,13-14,16-19H,11-12H2,1-3H3/b8-4+/t13-,14-,16-,17-/m0/s1. The molecule has 0 aliphatic heterocycles. The maximum atomic E-state index is 10.2. The van der Waals surface area contributed by atoms with Gasteiger partial charge in [-0.05, 0) is 12.5 Å². The maximum Gasteiger partial charge on any atom is 0.0771 e. The number of allylic oxidation sites excluding steroid dienone is 1. The van der Waals surface area contributed by atoms with E-state index in [-0.39, 0.29) is 11.8 Å². The first-order valence-corrected chi connectivity index (χ1v) is 7.16. The quantitative estimate of drug-likeness (QED) is 0.719. The van der Waals surface area contributed by atoms with Crippen molar-refractivity contribution in [2.45, 2.75) is 39.6 Å². The second-order valence-electron chi connectivity index (χ2n) is 5.34. The van der Waals surface area contributed by atoms with Gasteiger partial charge in [0, 0.05) is 11.8 Å². The molecule has 0 amide bonds. The number of aliphatic hydroxyl groups excluding tert-OH is 2. The first-order valence-electron chi connectivity index (χ1n) is 7.16. The molecular weight excluding hydrogens is 252 g/mol. The van der Waals surface area contributed by atoms with E-state index in [1.165, 1.54) is 0 Å². The fraction of sp³-hybridized carbons (Fsp3) is 0.529. The van der Waals surface area contributed by atoms with Gasteiger partial charge >= 0.3 is 0 Å². The summed E-state index contributed by atoms with van der Waals surface area (Å²) >= 11 is 0. The third-order valence-corrected chi connectivity index (χ3v) is 3.54. The molecule has 0 aromatic heterocycles. The van der Waals surface area contributed by atoms with E-state index in [0.29, 0.717) is 13.2 Å². The molecule has 2 N–H and O–H groups in total. The second kappa shape index (κ2) is 8.90. The summed E-state index contributed by atoms with van der Waals surface area (Å²) in [6, 6.07) is 9.96. The number of benzene rings is 1. The van der Waals surface area contributed by atoms with Crippen LogP contribution in [0.2, 0.25) is 0 Å². The molecule has 0 aliphatic rings. The van der Waals surface area contributed by atoms with Crippen molar-refractivity contribution < 1.29 is 14.9 Å². The van der Waals surface area contributed by atoms with E-state index in [4.69, 9.17) is 4.74 Å². The Kier molecular flexibility index (Phi) is 7.52. The second-order valence-corrected chi connectivity index (χ2v) is 5.34. The zero-order valence-corrected chi connectivity index (χ0v) is 12.6. The summed E-state index contributed by atoms with van der Waals surface area (Å²) in [5.41, 5.74) is 1.12. The van der Waals surface area contributed by atoms with Gasteiger partial charge in [0.25, 0.3) is 0 Å². The molecule has 4 atom stereocenters. The number of rotatable bonds is 8. The van der Waals surface area contributed by atoms with E-state index in [1.54, 1.807) is 12.2 Å². The molecule has 1 rings (SSSR count). The van der Waals surface area contributed by atoms with Gasteiger partial charge < -0.3 is 14.9 Å². The van der Waals surface area contributed by atoms with Crippen LogP contribution in [0.4, 0.5) is 0 Å². The summed E-state index contributed by atoms with van der Waals surface area (Å²) < 4.78 is 5.63. The fourth-order valence-electron chi connectivity index (χ4n) is 2.13. The summed E-state index contributed by atoms with van der Waals surface area (Å²) in [4.78, 5) is 0. The van der Waals surface area contributed by atoms with Crippen LogP contribution >= 0.6 is 0 Å². The van der Waals surface area contributed by atoms with Gasteiger partial charge in [-0.2, -0.15) is 0 Å². The minimum Gasteiger partial charge on any atom is -0.392 e. The van der Waals surface area contributed by atoms with Crippen molar-refractivity contribution in [1.29, 1.82) is 0 Å². The lowest BCUT2D eigenvalue weighted by Gasteiger charge is -2.27. The third-order valence-electron chi connectivity index (χ3n) is 3.54. The van der Waals surface area contributed by atoms with Crippen molar-refractivity contribution in [2.24, 2.45) is 11.8 Å². The molecule has 0 spiro atoms. The summed E-state index contributed by atoms with van der Waals surface area (Å²) in [7, 11) is 0. The van der Waals surface area contributed by atoms with Crippen LogP contribution in [0.5, 0.6) is 0 Å². The zero-order chi connectivity index (χ0) is 15.0. The van der Waals surface area contributed by atoms with Gasteiger partial charge in [-0.1, -0.05) is 56.3 Å². The van der Waals surface area contributed by atoms with Crippen LogP contribution in [0.3, 0.4) is 0 Å². The van der Waals surface area contributed by atoms with Crippen LogP contribution in [0.1, 0.15) is 26.3 Å². The normalized spacial score (nSPS) is 17.9. The van der Waals surface area contributed by atoms with Crippen molar-refractivity contribution in [3.8, 4) is 0 Å². The molecule has 0 fully saturated rings. The summed E-state index contributed by atoms with van der Waals surface area (Å²) in [5.74, 6) is -0.227. The van der Waals surface area contributed by atoms with Crippen LogP contribution in [-0.4, -0.2) is 29.0 Å². The van der Waals surface area contributed by atoms with Crippen LogP contribution in [0.15, 0.2) is 42.5 Å². The highest BCUT2D eigenvalue weighted by Crippen LogP contribution is 2.18. The predicted molar refractivity (Wildman–Crippen MR) is 81.3 cm³/mol. The minimum atomic E-state index is -0.619. The lowest BCUT2D eigenvalue weighted by Crippen LogP contribution is -2.35. The van der Waals surface area contributed by atoms with Crippen molar-refractivity contribution in [3.05, 3.63) is 48.0 Å². The molecule has 0 saturated heterocycles. The van der Waals surface area contributed by atoms with Crippen molar-refractivity contribution >= 4 is 0 Å². The Morgan fingerprint density at radius 3 is 2.40 bits per heavy atom. The Bertz CT molecular complexity index is 388. The van der Waals surface area contributed by atoms with Crippen LogP contribution < -0.4 is 0 Å². The Balaban J connectivity index is 2.36. The Morgan fingerprint density at radius 1 is 1.15 bits per heavy atom. The van der Waals surface area contributed by atoms with E-state index in [9.17, 15) is 10.2 Å². The maximum absolute atomic E-state index is 10.2.